The van der Waals surface area contributed by atoms with Gasteiger partial charge in [0, 0.05) is 20.2 Å². The Hall–Kier alpha value is -0.580. The lowest BCUT2D eigenvalue weighted by molar-refractivity contribution is 0.117. The monoisotopic (exact) mass is 287 g/mol. The molecule has 0 heterocycles. The Morgan fingerprint density at radius 3 is 2.69 bits per heavy atom. The third-order valence-corrected chi connectivity index (χ3v) is 3.00. The fraction of sp³-hybridized carbons (Fsp3) is 0.500. The lowest BCUT2D eigenvalue weighted by Gasteiger charge is -2.11. The fourth-order valence-corrected chi connectivity index (χ4v) is 1.91. The van der Waals surface area contributed by atoms with Gasteiger partial charge < -0.3 is 14.8 Å². The summed E-state index contributed by atoms with van der Waals surface area (Å²) in [6.45, 7) is 3.72. The van der Waals surface area contributed by atoms with Crippen LogP contribution < -0.4 is 10.1 Å². The van der Waals surface area contributed by atoms with Crippen LogP contribution in [0.2, 0.25) is 0 Å². The molecule has 0 aliphatic heterocycles. The Kier molecular flexibility index (Phi) is 5.80. The predicted octanol–water partition coefficient (Wildman–Crippen LogP) is 2.58. The highest BCUT2D eigenvalue weighted by molar-refractivity contribution is 9.10. The van der Waals surface area contributed by atoms with Crippen molar-refractivity contribution in [2.75, 3.05) is 20.8 Å². The summed E-state index contributed by atoms with van der Waals surface area (Å²) in [5.74, 6) is 0.856. The zero-order chi connectivity index (χ0) is 12.0. The third-order valence-electron chi connectivity index (χ3n) is 2.38. The van der Waals surface area contributed by atoms with Crippen LogP contribution in [0.4, 0.5) is 0 Å². The maximum Gasteiger partial charge on any atom is 0.133 e. The molecule has 4 heteroatoms. The molecule has 0 aliphatic rings. The molecule has 90 valence electrons. The van der Waals surface area contributed by atoms with Gasteiger partial charge in [-0.25, -0.2) is 0 Å². The number of ether oxygens (including phenoxy) is 2. The minimum Gasteiger partial charge on any atom is -0.496 e. The number of hydrogen-bond acceptors (Lipinski definition) is 3. The zero-order valence-corrected chi connectivity index (χ0v) is 11.5. The van der Waals surface area contributed by atoms with Gasteiger partial charge in [-0.1, -0.05) is 6.07 Å². The molecule has 0 aliphatic carbocycles. The summed E-state index contributed by atoms with van der Waals surface area (Å²) in [4.78, 5) is 0. The second-order valence-electron chi connectivity index (χ2n) is 3.65. The SMILES string of the molecule is COc1ccc(CNCC(C)OC)cc1Br. The maximum absolute atomic E-state index is 5.17. The standard InChI is InChI=1S/C12H18BrNO2/c1-9(15-2)7-14-8-10-4-5-12(16-3)11(13)6-10/h4-6,9,14H,7-8H2,1-3H3. The van der Waals surface area contributed by atoms with Gasteiger partial charge in [0.2, 0.25) is 0 Å². The van der Waals surface area contributed by atoms with Crippen LogP contribution in [0.3, 0.4) is 0 Å². The molecule has 0 aromatic heterocycles. The molecule has 0 saturated carbocycles. The van der Waals surface area contributed by atoms with Gasteiger partial charge >= 0.3 is 0 Å². The van der Waals surface area contributed by atoms with E-state index in [1.54, 1.807) is 14.2 Å². The minimum absolute atomic E-state index is 0.238. The van der Waals surface area contributed by atoms with E-state index in [4.69, 9.17) is 9.47 Å². The molecule has 0 fully saturated rings. The van der Waals surface area contributed by atoms with Gasteiger partial charge in [-0.3, -0.25) is 0 Å². The quantitative estimate of drug-likeness (QED) is 0.872. The molecule has 0 radical (unpaired) electrons. The lowest BCUT2D eigenvalue weighted by Crippen LogP contribution is -2.25. The van der Waals surface area contributed by atoms with E-state index in [9.17, 15) is 0 Å². The van der Waals surface area contributed by atoms with Crippen molar-refractivity contribution in [2.45, 2.75) is 19.6 Å². The van der Waals surface area contributed by atoms with Gasteiger partial charge in [0.05, 0.1) is 17.7 Å². The average Bonchev–Trinajstić information content (AvgIpc) is 2.29. The van der Waals surface area contributed by atoms with Crippen LogP contribution in [0, 0.1) is 0 Å². The summed E-state index contributed by atoms with van der Waals surface area (Å²) < 4.78 is 11.3. The Labute approximate surface area is 105 Å². The van der Waals surface area contributed by atoms with Gasteiger partial charge in [-0.15, -0.1) is 0 Å². The van der Waals surface area contributed by atoms with Crippen LogP contribution in [0.15, 0.2) is 22.7 Å². The van der Waals surface area contributed by atoms with Crippen molar-refractivity contribution in [2.24, 2.45) is 0 Å². The summed E-state index contributed by atoms with van der Waals surface area (Å²) in [7, 11) is 3.38. The first-order valence-electron chi connectivity index (χ1n) is 5.23. The summed E-state index contributed by atoms with van der Waals surface area (Å²) in [6.07, 6.45) is 0.238. The summed E-state index contributed by atoms with van der Waals surface area (Å²) >= 11 is 3.46. The van der Waals surface area contributed by atoms with E-state index in [1.807, 2.05) is 19.1 Å². The second kappa shape index (κ2) is 6.89. The molecule has 3 nitrogen and oxygen atoms in total. The first-order valence-corrected chi connectivity index (χ1v) is 6.02. The number of nitrogens with one attached hydrogen (secondary N) is 1. The average molecular weight is 288 g/mol. The second-order valence-corrected chi connectivity index (χ2v) is 4.50. The molecule has 1 N–H and O–H groups in total. The Morgan fingerprint density at radius 2 is 2.12 bits per heavy atom. The summed E-state index contributed by atoms with van der Waals surface area (Å²) in [6, 6.07) is 6.07. The van der Waals surface area contributed by atoms with Crippen LogP contribution in [0.25, 0.3) is 0 Å². The molecule has 0 bridgehead atoms. The first-order chi connectivity index (χ1) is 7.67. The van der Waals surface area contributed by atoms with Crippen molar-refractivity contribution in [3.8, 4) is 5.75 Å². The number of halogens is 1. The zero-order valence-electron chi connectivity index (χ0n) is 9.92. The van der Waals surface area contributed by atoms with Gasteiger partial charge in [0.15, 0.2) is 0 Å². The molecule has 1 aromatic carbocycles. The van der Waals surface area contributed by atoms with Crippen LogP contribution in [0.5, 0.6) is 5.75 Å². The van der Waals surface area contributed by atoms with Gasteiger partial charge in [0.25, 0.3) is 0 Å². The highest BCUT2D eigenvalue weighted by Crippen LogP contribution is 2.25. The molecular formula is C12H18BrNO2. The molecule has 1 aromatic rings. The summed E-state index contributed by atoms with van der Waals surface area (Å²) in [5.41, 5.74) is 1.22. The Bertz CT molecular complexity index is 331. The summed E-state index contributed by atoms with van der Waals surface area (Å²) in [5, 5.41) is 3.33. The van der Waals surface area contributed by atoms with Gasteiger partial charge in [-0.05, 0) is 40.5 Å². The van der Waals surface area contributed by atoms with E-state index in [2.05, 4.69) is 27.3 Å². The van der Waals surface area contributed by atoms with Crippen molar-refractivity contribution in [3.05, 3.63) is 28.2 Å². The highest BCUT2D eigenvalue weighted by Gasteiger charge is 2.02. The molecule has 0 spiro atoms. The molecule has 1 rings (SSSR count). The van der Waals surface area contributed by atoms with Crippen molar-refractivity contribution in [3.63, 3.8) is 0 Å². The van der Waals surface area contributed by atoms with E-state index < -0.39 is 0 Å². The Balaban J connectivity index is 2.46. The number of benzene rings is 1. The number of methoxy groups -OCH3 is 2. The normalized spacial score (nSPS) is 12.5. The van der Waals surface area contributed by atoms with Crippen molar-refractivity contribution >= 4 is 15.9 Å². The van der Waals surface area contributed by atoms with Crippen LogP contribution >= 0.6 is 15.9 Å². The Morgan fingerprint density at radius 1 is 1.38 bits per heavy atom. The van der Waals surface area contributed by atoms with E-state index in [1.165, 1.54) is 5.56 Å². The molecule has 0 amide bonds. The van der Waals surface area contributed by atoms with Crippen molar-refractivity contribution in [1.29, 1.82) is 0 Å². The number of hydrogen-bond donors (Lipinski definition) is 1. The van der Waals surface area contributed by atoms with Crippen molar-refractivity contribution in [1.82, 2.24) is 5.32 Å². The predicted molar refractivity (Wildman–Crippen MR) is 68.9 cm³/mol. The van der Waals surface area contributed by atoms with E-state index >= 15 is 0 Å². The molecule has 0 saturated heterocycles. The van der Waals surface area contributed by atoms with Gasteiger partial charge in [0.1, 0.15) is 5.75 Å². The molecule has 1 unspecified atom stereocenters. The minimum atomic E-state index is 0.238. The van der Waals surface area contributed by atoms with Crippen LogP contribution in [-0.2, 0) is 11.3 Å². The smallest absolute Gasteiger partial charge is 0.133 e. The highest BCUT2D eigenvalue weighted by atomic mass is 79.9. The lowest BCUT2D eigenvalue weighted by atomic mass is 10.2. The van der Waals surface area contributed by atoms with E-state index in [0.29, 0.717) is 0 Å². The van der Waals surface area contributed by atoms with E-state index in [-0.39, 0.29) is 6.10 Å². The third kappa shape index (κ3) is 4.12. The van der Waals surface area contributed by atoms with Gasteiger partial charge in [-0.2, -0.15) is 0 Å². The largest absolute Gasteiger partial charge is 0.496 e. The first kappa shape index (κ1) is 13.5. The molecule has 16 heavy (non-hydrogen) atoms. The topological polar surface area (TPSA) is 30.5 Å². The van der Waals surface area contributed by atoms with Crippen molar-refractivity contribution < 1.29 is 9.47 Å². The molecule has 1 atom stereocenters. The number of rotatable bonds is 6. The fourth-order valence-electron chi connectivity index (χ4n) is 1.32. The maximum atomic E-state index is 5.17. The molecular weight excluding hydrogens is 270 g/mol. The van der Waals surface area contributed by atoms with Crippen LogP contribution in [-0.4, -0.2) is 26.9 Å². The van der Waals surface area contributed by atoms with Crippen LogP contribution in [0.1, 0.15) is 12.5 Å². The van der Waals surface area contributed by atoms with E-state index in [0.717, 1.165) is 23.3 Å².